The van der Waals surface area contributed by atoms with Crippen LogP contribution < -0.4 is 0 Å². The van der Waals surface area contributed by atoms with Crippen molar-refractivity contribution in [3.8, 4) is 0 Å². The highest BCUT2D eigenvalue weighted by Crippen LogP contribution is 2.31. The number of halogens is 1. The summed E-state index contributed by atoms with van der Waals surface area (Å²) in [7, 11) is 1.41. The molecular formula is C17H20ClNO3. The monoisotopic (exact) mass is 321 g/mol. The van der Waals surface area contributed by atoms with Crippen molar-refractivity contribution in [3.63, 3.8) is 0 Å². The van der Waals surface area contributed by atoms with E-state index in [1.165, 1.54) is 7.11 Å². The number of ether oxygens (including phenoxy) is 2. The van der Waals surface area contributed by atoms with Gasteiger partial charge in [-0.2, -0.15) is 0 Å². The van der Waals surface area contributed by atoms with Gasteiger partial charge in [0.2, 0.25) is 0 Å². The Balaban J connectivity index is 2.08. The zero-order valence-corrected chi connectivity index (χ0v) is 13.7. The molecule has 0 N–H and O–H groups in total. The zero-order chi connectivity index (χ0) is 15.7. The first kappa shape index (κ1) is 15.4. The van der Waals surface area contributed by atoms with E-state index in [1.54, 1.807) is 0 Å². The number of rotatable bonds is 3. The van der Waals surface area contributed by atoms with Gasteiger partial charge in [0.05, 0.1) is 12.7 Å². The van der Waals surface area contributed by atoms with Gasteiger partial charge in [0, 0.05) is 41.4 Å². The van der Waals surface area contributed by atoms with Gasteiger partial charge in [0.15, 0.2) is 0 Å². The summed E-state index contributed by atoms with van der Waals surface area (Å²) in [4.78, 5) is 12.2. The number of carbonyl (C=O) groups excluding carboxylic acids is 1. The molecule has 2 heterocycles. The minimum atomic E-state index is -0.310. The highest BCUT2D eigenvalue weighted by Gasteiger charge is 2.23. The first-order chi connectivity index (χ1) is 10.6. The minimum Gasteiger partial charge on any atom is -0.465 e. The predicted molar refractivity (Wildman–Crippen MR) is 86.6 cm³/mol. The number of esters is 1. The Kier molecular flexibility index (Phi) is 4.41. The van der Waals surface area contributed by atoms with E-state index in [0.717, 1.165) is 49.2 Å². The third-order valence-electron chi connectivity index (χ3n) is 4.46. The van der Waals surface area contributed by atoms with Gasteiger partial charge in [0.1, 0.15) is 0 Å². The molecule has 5 heteroatoms. The van der Waals surface area contributed by atoms with E-state index in [9.17, 15) is 4.79 Å². The van der Waals surface area contributed by atoms with Crippen molar-refractivity contribution in [3.05, 3.63) is 34.5 Å². The number of nitrogens with zero attached hydrogens (tertiary/aromatic N) is 1. The van der Waals surface area contributed by atoms with Crippen LogP contribution in [-0.2, 0) is 16.0 Å². The zero-order valence-electron chi connectivity index (χ0n) is 12.9. The summed E-state index contributed by atoms with van der Waals surface area (Å²) < 4.78 is 12.6. The maximum atomic E-state index is 12.2. The lowest BCUT2D eigenvalue weighted by atomic mass is 10.0. The standard InChI is InChI=1S/C17H20ClNO3/c1-11-16(17(20)21-2)14-9-13(18)3-4-15(14)19(11)10-12-5-7-22-8-6-12/h3-4,9,12H,5-8,10H2,1-2H3. The van der Waals surface area contributed by atoms with E-state index < -0.39 is 0 Å². The van der Waals surface area contributed by atoms with Crippen LogP contribution in [0.1, 0.15) is 28.9 Å². The van der Waals surface area contributed by atoms with Gasteiger partial charge in [-0.15, -0.1) is 0 Å². The van der Waals surface area contributed by atoms with Crippen molar-refractivity contribution in [2.75, 3.05) is 20.3 Å². The first-order valence-electron chi connectivity index (χ1n) is 7.56. The summed E-state index contributed by atoms with van der Waals surface area (Å²) in [5, 5.41) is 1.49. The van der Waals surface area contributed by atoms with Gasteiger partial charge in [0.25, 0.3) is 0 Å². The van der Waals surface area contributed by atoms with Gasteiger partial charge in [-0.3, -0.25) is 0 Å². The molecule has 0 unspecified atom stereocenters. The van der Waals surface area contributed by atoms with E-state index in [-0.39, 0.29) is 5.97 Å². The van der Waals surface area contributed by atoms with Crippen LogP contribution in [0.5, 0.6) is 0 Å². The molecule has 22 heavy (non-hydrogen) atoms. The quantitative estimate of drug-likeness (QED) is 0.807. The first-order valence-corrected chi connectivity index (χ1v) is 7.94. The van der Waals surface area contributed by atoms with Crippen molar-refractivity contribution in [2.24, 2.45) is 5.92 Å². The van der Waals surface area contributed by atoms with E-state index in [2.05, 4.69) is 4.57 Å². The molecule has 1 fully saturated rings. The molecular weight excluding hydrogens is 302 g/mol. The summed E-state index contributed by atoms with van der Waals surface area (Å²) in [5.74, 6) is 0.264. The third-order valence-corrected chi connectivity index (χ3v) is 4.69. The smallest absolute Gasteiger partial charge is 0.340 e. The lowest BCUT2D eigenvalue weighted by Crippen LogP contribution is -2.21. The number of carbonyl (C=O) groups is 1. The minimum absolute atomic E-state index is 0.310. The maximum absolute atomic E-state index is 12.2. The van der Waals surface area contributed by atoms with Gasteiger partial charge in [-0.25, -0.2) is 4.79 Å². The number of fused-ring (bicyclic) bond motifs is 1. The molecule has 1 aliphatic rings. The molecule has 0 radical (unpaired) electrons. The molecule has 0 amide bonds. The van der Waals surface area contributed by atoms with Gasteiger partial charge >= 0.3 is 5.97 Å². The molecule has 1 aromatic carbocycles. The van der Waals surface area contributed by atoms with E-state index in [4.69, 9.17) is 21.1 Å². The molecule has 1 saturated heterocycles. The molecule has 2 aromatic rings. The maximum Gasteiger partial charge on any atom is 0.340 e. The Hall–Kier alpha value is -1.52. The summed E-state index contributed by atoms with van der Waals surface area (Å²) in [5.41, 5.74) is 2.59. The summed E-state index contributed by atoms with van der Waals surface area (Å²) >= 11 is 6.11. The number of benzene rings is 1. The lowest BCUT2D eigenvalue weighted by Gasteiger charge is -2.23. The summed E-state index contributed by atoms with van der Waals surface area (Å²) in [6.45, 7) is 4.50. The normalized spacial score (nSPS) is 16.1. The van der Waals surface area contributed by atoms with Crippen molar-refractivity contribution < 1.29 is 14.3 Å². The molecule has 0 saturated carbocycles. The summed E-state index contributed by atoms with van der Waals surface area (Å²) in [6.07, 6.45) is 2.11. The molecule has 4 nitrogen and oxygen atoms in total. The van der Waals surface area contributed by atoms with Crippen LogP contribution in [0.2, 0.25) is 5.02 Å². The Morgan fingerprint density at radius 3 is 2.82 bits per heavy atom. The van der Waals surface area contributed by atoms with Crippen LogP contribution in [0.25, 0.3) is 10.9 Å². The van der Waals surface area contributed by atoms with Crippen molar-refractivity contribution >= 4 is 28.5 Å². The number of aromatic nitrogens is 1. The fourth-order valence-corrected chi connectivity index (χ4v) is 3.41. The van der Waals surface area contributed by atoms with Gasteiger partial charge in [-0.05, 0) is 43.9 Å². The molecule has 1 aliphatic heterocycles. The highest BCUT2D eigenvalue weighted by molar-refractivity contribution is 6.31. The Bertz CT molecular complexity index is 701. The van der Waals surface area contributed by atoms with E-state index in [0.29, 0.717) is 16.5 Å². The van der Waals surface area contributed by atoms with E-state index >= 15 is 0 Å². The SMILES string of the molecule is COC(=O)c1c(C)n(CC2CCOCC2)c2ccc(Cl)cc12. The summed E-state index contributed by atoms with van der Waals surface area (Å²) in [6, 6.07) is 5.69. The largest absolute Gasteiger partial charge is 0.465 e. The average Bonchev–Trinajstić information content (AvgIpc) is 2.79. The van der Waals surface area contributed by atoms with Crippen molar-refractivity contribution in [1.82, 2.24) is 4.57 Å². The molecule has 3 rings (SSSR count). The predicted octanol–water partition coefficient (Wildman–Crippen LogP) is 3.82. The lowest BCUT2D eigenvalue weighted by molar-refractivity contribution is 0.0592. The second-order valence-electron chi connectivity index (χ2n) is 5.78. The molecule has 0 bridgehead atoms. The van der Waals surface area contributed by atoms with Crippen LogP contribution in [-0.4, -0.2) is 30.9 Å². The second-order valence-corrected chi connectivity index (χ2v) is 6.22. The molecule has 0 spiro atoms. The fourth-order valence-electron chi connectivity index (χ4n) is 3.24. The topological polar surface area (TPSA) is 40.5 Å². The number of hydrogen-bond donors (Lipinski definition) is 0. The molecule has 118 valence electrons. The van der Waals surface area contributed by atoms with Crippen LogP contribution in [0.4, 0.5) is 0 Å². The van der Waals surface area contributed by atoms with Crippen LogP contribution in [0.3, 0.4) is 0 Å². The van der Waals surface area contributed by atoms with Gasteiger partial charge < -0.3 is 14.0 Å². The molecule has 1 aromatic heterocycles. The Morgan fingerprint density at radius 2 is 2.14 bits per heavy atom. The van der Waals surface area contributed by atoms with Crippen LogP contribution >= 0.6 is 11.6 Å². The van der Waals surface area contributed by atoms with E-state index in [1.807, 2.05) is 25.1 Å². The Labute approximate surface area is 135 Å². The highest BCUT2D eigenvalue weighted by atomic mass is 35.5. The third kappa shape index (κ3) is 2.73. The van der Waals surface area contributed by atoms with Gasteiger partial charge in [-0.1, -0.05) is 11.6 Å². The molecule has 0 aliphatic carbocycles. The van der Waals surface area contributed by atoms with Crippen LogP contribution in [0.15, 0.2) is 18.2 Å². The molecule has 0 atom stereocenters. The van der Waals surface area contributed by atoms with Crippen LogP contribution in [0, 0.1) is 12.8 Å². The number of methoxy groups -OCH3 is 1. The van der Waals surface area contributed by atoms with Crippen molar-refractivity contribution in [2.45, 2.75) is 26.3 Å². The second kappa shape index (κ2) is 6.31. The van der Waals surface area contributed by atoms with Crippen molar-refractivity contribution in [1.29, 1.82) is 0 Å². The fraction of sp³-hybridized carbons (Fsp3) is 0.471. The number of hydrogen-bond acceptors (Lipinski definition) is 3. The Morgan fingerprint density at radius 1 is 1.41 bits per heavy atom. The average molecular weight is 322 g/mol.